The number of benzene rings is 3. The van der Waals surface area contributed by atoms with E-state index in [0.29, 0.717) is 41.1 Å². The molecule has 8 nitrogen and oxygen atoms in total. The molecule has 0 saturated carbocycles. The van der Waals surface area contributed by atoms with Gasteiger partial charge in [-0.3, -0.25) is 15.8 Å². The summed E-state index contributed by atoms with van der Waals surface area (Å²) in [5, 5.41) is 19.4. The van der Waals surface area contributed by atoms with Crippen LogP contribution in [0.25, 0.3) is 0 Å². The van der Waals surface area contributed by atoms with E-state index in [1.807, 2.05) is 19.1 Å². The first-order chi connectivity index (χ1) is 21.0. The van der Waals surface area contributed by atoms with Crippen molar-refractivity contribution in [1.29, 1.82) is 0 Å². The molecule has 0 bridgehead atoms. The third-order valence-corrected chi connectivity index (χ3v) is 11.1. The zero-order chi connectivity index (χ0) is 30.3. The Labute approximate surface area is 264 Å². The lowest BCUT2D eigenvalue weighted by atomic mass is 10.1. The minimum absolute atomic E-state index is 0.377. The van der Waals surface area contributed by atoms with E-state index < -0.39 is 7.26 Å². The first-order valence-corrected chi connectivity index (χ1v) is 16.5. The first-order valence-electron chi connectivity index (χ1n) is 13.7. The number of aromatic nitrogens is 1. The average molecular weight is 629 g/mol. The number of ether oxygens (including phenoxy) is 1. The van der Waals surface area contributed by atoms with Crippen LogP contribution < -0.4 is 37.4 Å². The lowest BCUT2D eigenvalue weighted by molar-refractivity contribution is 0.185. The third kappa shape index (κ3) is 8.72. The summed E-state index contributed by atoms with van der Waals surface area (Å²) in [6.07, 6.45) is 3.97. The van der Waals surface area contributed by atoms with Gasteiger partial charge in [-0.15, -0.1) is 0 Å². The van der Waals surface area contributed by atoms with Crippen LogP contribution in [0, 0.1) is 0 Å². The molecule has 3 aromatic carbocycles. The van der Waals surface area contributed by atoms with E-state index in [1.165, 1.54) is 15.9 Å². The summed E-state index contributed by atoms with van der Waals surface area (Å²) < 4.78 is 6.41. The normalized spacial score (nSPS) is 11.9. The summed E-state index contributed by atoms with van der Waals surface area (Å²) in [6, 6.07) is 35.7. The Morgan fingerprint density at radius 1 is 0.767 bits per heavy atom. The van der Waals surface area contributed by atoms with Gasteiger partial charge in [-0.05, 0) is 79.9 Å². The molecule has 43 heavy (non-hydrogen) atoms. The van der Waals surface area contributed by atoms with E-state index in [-0.39, 0.29) is 0 Å². The summed E-state index contributed by atoms with van der Waals surface area (Å²) in [6.45, 7) is 2.81. The van der Waals surface area contributed by atoms with Gasteiger partial charge < -0.3 is 15.4 Å². The molecular weight excluding hydrogens is 594 g/mol. The maximum absolute atomic E-state index is 6.41. The van der Waals surface area contributed by atoms with E-state index in [4.69, 9.17) is 29.2 Å². The maximum atomic E-state index is 6.41. The predicted molar refractivity (Wildman–Crippen MR) is 188 cm³/mol. The fourth-order valence-corrected chi connectivity index (χ4v) is 8.38. The highest BCUT2D eigenvalue weighted by molar-refractivity contribution is 7.95. The minimum atomic E-state index is -2.06. The smallest absolute Gasteiger partial charge is 0.187 e. The predicted octanol–water partition coefficient (Wildman–Crippen LogP) is 3.69. The molecule has 220 valence electrons. The molecule has 0 atom stereocenters. The topological polar surface area (TPSA) is 95.0 Å². The number of hydrogen-bond acceptors (Lipinski definition) is 6. The van der Waals surface area contributed by atoms with Gasteiger partial charge in [-0.1, -0.05) is 54.6 Å². The first kappa shape index (κ1) is 31.8. The molecule has 0 radical (unpaired) electrons. The molecule has 0 unspecified atom stereocenters. The second-order valence-corrected chi connectivity index (χ2v) is 13.6. The van der Waals surface area contributed by atoms with E-state index in [0.717, 1.165) is 5.56 Å². The van der Waals surface area contributed by atoms with Gasteiger partial charge in [0, 0.05) is 31.5 Å². The van der Waals surface area contributed by atoms with E-state index in [2.05, 4.69) is 128 Å². The maximum Gasteiger partial charge on any atom is 0.187 e. The number of thiocarbonyl (C=S) groups is 2. The van der Waals surface area contributed by atoms with Crippen molar-refractivity contribution >= 4 is 69.3 Å². The second kappa shape index (κ2) is 16.5. The number of nitrogens with zero attached hydrogens (tertiary/aromatic N) is 3. The van der Waals surface area contributed by atoms with Crippen molar-refractivity contribution in [3.63, 3.8) is 0 Å². The van der Waals surface area contributed by atoms with Crippen molar-refractivity contribution in [3.05, 3.63) is 121 Å². The van der Waals surface area contributed by atoms with Gasteiger partial charge >= 0.3 is 0 Å². The molecule has 0 aliphatic carbocycles. The van der Waals surface area contributed by atoms with Crippen LogP contribution in [0.3, 0.4) is 0 Å². The summed E-state index contributed by atoms with van der Waals surface area (Å²) in [4.78, 5) is 4.18. The quantitative estimate of drug-likeness (QED) is 0.0621. The molecule has 0 aliphatic heterocycles. The third-order valence-electron chi connectivity index (χ3n) is 6.51. The molecule has 0 amide bonds. The Kier molecular flexibility index (Phi) is 12.2. The van der Waals surface area contributed by atoms with Gasteiger partial charge in [0.1, 0.15) is 28.9 Å². The highest BCUT2D eigenvalue weighted by Crippen LogP contribution is 2.55. The highest BCUT2D eigenvalue weighted by Gasteiger charge is 2.45. The molecule has 0 spiro atoms. The van der Waals surface area contributed by atoms with Crippen LogP contribution >= 0.6 is 31.7 Å². The highest BCUT2D eigenvalue weighted by atomic mass is 32.1. The van der Waals surface area contributed by atoms with E-state index in [1.54, 1.807) is 19.4 Å². The van der Waals surface area contributed by atoms with Crippen molar-refractivity contribution < 1.29 is 4.74 Å². The summed E-state index contributed by atoms with van der Waals surface area (Å²) in [5.41, 5.74) is 7.67. The number of hydrazone groups is 2. The van der Waals surface area contributed by atoms with Gasteiger partial charge in [0.2, 0.25) is 0 Å². The Bertz CT molecular complexity index is 1430. The molecule has 1 heterocycles. The zero-order valence-electron chi connectivity index (χ0n) is 24.1. The van der Waals surface area contributed by atoms with Gasteiger partial charge in [0.15, 0.2) is 16.6 Å². The van der Waals surface area contributed by atoms with Crippen molar-refractivity contribution in [3.8, 4) is 0 Å². The van der Waals surface area contributed by atoms with Gasteiger partial charge in [-0.2, -0.15) is 10.2 Å². The molecular formula is C32H35N7OPS2+. The van der Waals surface area contributed by atoms with Gasteiger partial charge in [-0.25, -0.2) is 0 Å². The molecule has 4 aromatic rings. The average Bonchev–Trinajstić information content (AvgIpc) is 3.07. The van der Waals surface area contributed by atoms with E-state index in [9.17, 15) is 0 Å². The van der Waals surface area contributed by atoms with Crippen molar-refractivity contribution in [2.45, 2.75) is 6.92 Å². The Morgan fingerprint density at radius 2 is 1.33 bits per heavy atom. The van der Waals surface area contributed by atoms with E-state index >= 15 is 0 Å². The lowest BCUT2D eigenvalue weighted by Gasteiger charge is -2.27. The molecule has 0 aliphatic rings. The molecule has 0 fully saturated rings. The van der Waals surface area contributed by atoms with Crippen molar-refractivity contribution in [2.75, 3.05) is 26.5 Å². The summed E-state index contributed by atoms with van der Waals surface area (Å²) in [7, 11) is -0.338. The zero-order valence-corrected chi connectivity index (χ0v) is 26.6. The molecule has 1 aromatic heterocycles. The van der Waals surface area contributed by atoms with Crippen LogP contribution in [0.15, 0.2) is 126 Å². The number of pyridine rings is 1. The molecule has 11 heteroatoms. The fourth-order valence-electron chi connectivity index (χ4n) is 4.40. The largest absolute Gasteiger partial charge is 0.364 e. The van der Waals surface area contributed by atoms with Crippen LogP contribution in [-0.4, -0.2) is 53.2 Å². The second-order valence-electron chi connectivity index (χ2n) is 9.31. The van der Waals surface area contributed by atoms with Crippen LogP contribution in [0.4, 0.5) is 0 Å². The van der Waals surface area contributed by atoms with Crippen LogP contribution in [-0.2, 0) is 4.74 Å². The number of rotatable bonds is 12. The Balaban J connectivity index is 1.40. The number of hydrogen-bond donors (Lipinski definition) is 4. The van der Waals surface area contributed by atoms with Crippen molar-refractivity contribution in [1.82, 2.24) is 26.5 Å². The standard InChI is InChI=1S/C32H34N7OPS2/c1-25(30(37-38-31(42)33-2)26-13-12-20-34-23-26)36-39-32(43)35-21-22-40-24-41(27-14-6-3-7-15-27,28-16-8-4-9-17-28)29-18-10-5-11-19-29/h3-20,23H,21-22,24H2,1-2H3,(H3-,33,35,36,37,38,39,42,43)/p+1. The Hall–Kier alpha value is -4.08. The lowest BCUT2D eigenvalue weighted by Crippen LogP contribution is -2.37. The molecule has 0 saturated heterocycles. The molecule has 4 N–H and O–H groups in total. The summed E-state index contributed by atoms with van der Waals surface area (Å²) >= 11 is 10.6. The summed E-state index contributed by atoms with van der Waals surface area (Å²) in [5.74, 6) is 0. The molecule has 4 rings (SSSR count). The minimum Gasteiger partial charge on any atom is -0.364 e. The Morgan fingerprint density at radius 3 is 1.84 bits per heavy atom. The van der Waals surface area contributed by atoms with Gasteiger partial charge in [0.05, 0.1) is 12.3 Å². The van der Waals surface area contributed by atoms with Crippen LogP contribution in [0.5, 0.6) is 0 Å². The van der Waals surface area contributed by atoms with Crippen LogP contribution in [0.1, 0.15) is 12.5 Å². The van der Waals surface area contributed by atoms with Crippen molar-refractivity contribution in [2.24, 2.45) is 10.2 Å². The number of nitrogens with one attached hydrogen (secondary N) is 4. The fraction of sp³-hybridized carbons (Fsp3) is 0.156. The SMILES string of the molecule is CNC(=S)N/N=C(/C(C)=N/NC(=S)NCCOC[P+](c1ccccc1)(c1ccccc1)c1ccccc1)c1cccnc1. The van der Waals surface area contributed by atoms with Crippen LogP contribution in [0.2, 0.25) is 0 Å². The van der Waals surface area contributed by atoms with Gasteiger partial charge in [0.25, 0.3) is 0 Å². The monoisotopic (exact) mass is 628 g/mol.